The van der Waals surface area contributed by atoms with Gasteiger partial charge in [0.2, 0.25) is 0 Å². The van der Waals surface area contributed by atoms with Gasteiger partial charge >= 0.3 is 0 Å². The first-order valence-corrected chi connectivity index (χ1v) is 10.4. The fourth-order valence-electron chi connectivity index (χ4n) is 1.41. The van der Waals surface area contributed by atoms with E-state index in [0.717, 1.165) is 10.8 Å². The predicted octanol–water partition coefficient (Wildman–Crippen LogP) is 3.85. The Morgan fingerprint density at radius 3 is 2.62 bits per heavy atom. The van der Waals surface area contributed by atoms with Crippen molar-refractivity contribution in [2.75, 3.05) is 17.6 Å². The zero-order valence-corrected chi connectivity index (χ0v) is 14.2. The molecule has 3 atom stereocenters. The third kappa shape index (κ3) is 3.68. The maximum atomic E-state index is 7.68. The summed E-state index contributed by atoms with van der Waals surface area (Å²) in [6, 6.07) is 0. The number of rotatable bonds is 4. The summed E-state index contributed by atoms with van der Waals surface area (Å²) in [5.41, 5.74) is 0. The van der Waals surface area contributed by atoms with Crippen molar-refractivity contribution in [3.05, 3.63) is 0 Å². The van der Waals surface area contributed by atoms with Crippen molar-refractivity contribution in [2.24, 2.45) is 5.92 Å². The first kappa shape index (κ1) is 13.3. The third-order valence-corrected chi connectivity index (χ3v) is 9.44. The van der Waals surface area contributed by atoms with Crippen LogP contribution in [-0.2, 0) is 9.16 Å². The molecule has 0 aromatic carbocycles. The standard InChI is InChI=1S/C12H25IO2Si/c1-12(2,3)16(4,5)15-9-11-10(8-13)6-7-14-11/h10-11H,6-9H2,1-5H3/t10-,11-/m1/s1/i7T/t7-,10+,11+/m0. The lowest BCUT2D eigenvalue weighted by Crippen LogP contribution is -2.43. The summed E-state index contributed by atoms with van der Waals surface area (Å²) in [4.78, 5) is 0. The number of hydrogen-bond acceptors (Lipinski definition) is 2. The smallest absolute Gasteiger partial charge is 0.192 e. The summed E-state index contributed by atoms with van der Waals surface area (Å²) < 4.78 is 20.6. The molecule has 2 nitrogen and oxygen atoms in total. The van der Waals surface area contributed by atoms with Gasteiger partial charge in [0.15, 0.2) is 8.32 Å². The molecule has 1 fully saturated rings. The van der Waals surface area contributed by atoms with Gasteiger partial charge in [-0.3, -0.25) is 0 Å². The average molecular weight is 358 g/mol. The number of ether oxygens (including phenoxy) is 1. The maximum Gasteiger partial charge on any atom is 0.192 e. The normalized spacial score (nSPS) is 32.9. The van der Waals surface area contributed by atoms with E-state index in [-0.39, 0.29) is 17.7 Å². The van der Waals surface area contributed by atoms with E-state index in [1.165, 1.54) is 0 Å². The summed E-state index contributed by atoms with van der Waals surface area (Å²) in [6.45, 7) is 11.6. The van der Waals surface area contributed by atoms with Crippen LogP contribution in [0.4, 0.5) is 0 Å². The van der Waals surface area contributed by atoms with Crippen LogP contribution >= 0.6 is 22.6 Å². The quantitative estimate of drug-likeness (QED) is 0.432. The zero-order valence-electron chi connectivity index (χ0n) is 12.0. The molecule has 0 N–H and O–H groups in total. The molecule has 0 radical (unpaired) electrons. The van der Waals surface area contributed by atoms with E-state index >= 15 is 0 Å². The Bertz CT molecular complexity index is 255. The molecular formula is C12H25IO2Si. The summed E-state index contributed by atoms with van der Waals surface area (Å²) in [5.74, 6) is 0.489. The van der Waals surface area contributed by atoms with Gasteiger partial charge in [-0.1, -0.05) is 43.4 Å². The van der Waals surface area contributed by atoms with E-state index < -0.39 is 8.32 Å². The summed E-state index contributed by atoms with van der Waals surface area (Å²) >= 11 is 2.38. The van der Waals surface area contributed by atoms with Crippen molar-refractivity contribution in [2.45, 2.75) is 51.4 Å². The molecule has 1 aliphatic rings. The van der Waals surface area contributed by atoms with E-state index in [4.69, 9.17) is 10.5 Å². The molecular weight excluding hydrogens is 331 g/mol. The first-order chi connectivity index (χ1) is 7.67. The molecule has 0 aliphatic carbocycles. The van der Waals surface area contributed by atoms with E-state index in [2.05, 4.69) is 56.5 Å². The number of alkyl halides is 1. The van der Waals surface area contributed by atoms with Crippen LogP contribution in [0.25, 0.3) is 0 Å². The van der Waals surface area contributed by atoms with Gasteiger partial charge in [-0.2, -0.15) is 0 Å². The molecule has 1 aliphatic heterocycles. The lowest BCUT2D eigenvalue weighted by molar-refractivity contribution is 0.0482. The summed E-state index contributed by atoms with van der Waals surface area (Å²) in [7, 11) is -1.68. The molecule has 0 saturated carbocycles. The van der Waals surface area contributed by atoms with Crippen molar-refractivity contribution >= 4 is 30.9 Å². The van der Waals surface area contributed by atoms with Crippen molar-refractivity contribution in [1.29, 1.82) is 0 Å². The minimum Gasteiger partial charge on any atom is -0.414 e. The Kier molecular flexibility index (Phi) is 4.72. The highest BCUT2D eigenvalue weighted by atomic mass is 127. The van der Waals surface area contributed by atoms with Crippen molar-refractivity contribution < 1.29 is 10.5 Å². The van der Waals surface area contributed by atoms with E-state index in [1.54, 1.807) is 0 Å². The van der Waals surface area contributed by atoms with Crippen molar-refractivity contribution in [1.82, 2.24) is 0 Å². The van der Waals surface area contributed by atoms with Crippen molar-refractivity contribution in [3.63, 3.8) is 0 Å². The van der Waals surface area contributed by atoms with Crippen LogP contribution in [0.3, 0.4) is 0 Å². The topological polar surface area (TPSA) is 18.5 Å². The molecule has 0 unspecified atom stereocenters. The molecule has 4 heteroatoms. The highest BCUT2D eigenvalue weighted by Gasteiger charge is 2.39. The molecule has 1 heterocycles. The number of halogens is 1. The van der Waals surface area contributed by atoms with Gasteiger partial charge in [0.05, 0.1) is 14.1 Å². The highest BCUT2D eigenvalue weighted by molar-refractivity contribution is 14.1. The van der Waals surface area contributed by atoms with Crippen LogP contribution in [0, 0.1) is 5.92 Å². The SMILES string of the molecule is [3H][C@H]1C[C@H](CI)[C@@H](CO[Si](C)(C)C(C)(C)C)O1. The number of hydrogen-bond donors (Lipinski definition) is 0. The monoisotopic (exact) mass is 358 g/mol. The minimum atomic E-state index is -1.68. The fourth-order valence-corrected chi connectivity index (χ4v) is 3.35. The highest BCUT2D eigenvalue weighted by Crippen LogP contribution is 2.37. The minimum absolute atomic E-state index is 0.128. The molecule has 0 spiro atoms. The van der Waals surface area contributed by atoms with Crippen molar-refractivity contribution in [3.8, 4) is 0 Å². The van der Waals surface area contributed by atoms with Crippen LogP contribution < -0.4 is 0 Å². The molecule has 1 rings (SSSR count). The molecule has 0 amide bonds. The third-order valence-electron chi connectivity index (χ3n) is 3.81. The van der Waals surface area contributed by atoms with Crippen LogP contribution in [-0.4, -0.2) is 32.0 Å². The lowest BCUT2D eigenvalue weighted by atomic mass is 10.1. The van der Waals surface area contributed by atoms with Crippen LogP contribution in [0.15, 0.2) is 0 Å². The van der Waals surface area contributed by atoms with Gasteiger partial charge in [-0.25, -0.2) is 0 Å². The van der Waals surface area contributed by atoms with Crippen LogP contribution in [0.1, 0.15) is 28.6 Å². The molecule has 0 aromatic rings. The maximum absolute atomic E-state index is 7.68. The summed E-state index contributed by atoms with van der Waals surface area (Å²) in [6.07, 6.45) is 0.984. The Morgan fingerprint density at radius 1 is 1.50 bits per heavy atom. The molecule has 0 bridgehead atoms. The molecule has 0 aromatic heterocycles. The fraction of sp³-hybridized carbons (Fsp3) is 1.00. The van der Waals surface area contributed by atoms with Gasteiger partial charge in [0.1, 0.15) is 0 Å². The molecule has 96 valence electrons. The average Bonchev–Trinajstić information content (AvgIpc) is 2.54. The lowest BCUT2D eigenvalue weighted by Gasteiger charge is -2.37. The van der Waals surface area contributed by atoms with Gasteiger partial charge in [0.25, 0.3) is 0 Å². The second kappa shape index (κ2) is 5.67. The summed E-state index contributed by atoms with van der Waals surface area (Å²) in [5, 5.41) is 0.242. The van der Waals surface area contributed by atoms with Gasteiger partial charge in [-0.15, -0.1) is 0 Å². The Balaban J connectivity index is 2.50. The van der Waals surface area contributed by atoms with Gasteiger partial charge < -0.3 is 9.16 Å². The molecule has 1 saturated heterocycles. The van der Waals surface area contributed by atoms with E-state index in [9.17, 15) is 0 Å². The largest absolute Gasteiger partial charge is 0.414 e. The Hall–Kier alpha value is 0.867. The van der Waals surface area contributed by atoms with Crippen LogP contribution in [0.2, 0.25) is 18.1 Å². The molecule has 16 heavy (non-hydrogen) atoms. The Labute approximate surface area is 116 Å². The van der Waals surface area contributed by atoms with Crippen LogP contribution in [0.5, 0.6) is 0 Å². The second-order valence-electron chi connectivity index (χ2n) is 6.06. The zero-order chi connectivity index (χ0) is 13.3. The second-order valence-corrected chi connectivity index (χ2v) is 11.8. The first-order valence-electron chi connectivity index (χ1n) is 6.53. The van der Waals surface area contributed by atoms with E-state index in [0.29, 0.717) is 12.5 Å². The van der Waals surface area contributed by atoms with Gasteiger partial charge in [-0.05, 0) is 30.5 Å². The predicted molar refractivity (Wildman–Crippen MR) is 79.9 cm³/mol. The Morgan fingerprint density at radius 2 is 2.12 bits per heavy atom. The van der Waals surface area contributed by atoms with Gasteiger partial charge in [0, 0.05) is 11.0 Å². The van der Waals surface area contributed by atoms with E-state index in [1.807, 2.05) is 0 Å².